The van der Waals surface area contributed by atoms with Crippen LogP contribution in [0.4, 0.5) is 0 Å². The third-order valence-electron chi connectivity index (χ3n) is 11.5. The topological polar surface area (TPSA) is 180 Å². The van der Waals surface area contributed by atoms with Crippen LogP contribution in [-0.4, -0.2) is 103 Å². The second-order valence-electron chi connectivity index (χ2n) is 15.0. The van der Waals surface area contributed by atoms with Crippen molar-refractivity contribution in [3.05, 3.63) is 65.7 Å². The zero-order valence-corrected chi connectivity index (χ0v) is 32.6. The molecule has 2 aromatic carbocycles. The predicted octanol–water partition coefficient (Wildman–Crippen LogP) is 2.63. The number of aromatic hydroxyl groups is 1. The Hall–Kier alpha value is -3.65. The number of benzene rings is 2. The van der Waals surface area contributed by atoms with E-state index in [9.17, 15) is 29.1 Å². The molecular weight excluding hydrogens is 718 g/mol. The summed E-state index contributed by atoms with van der Waals surface area (Å²) < 4.78 is 5.35. The molecule has 14 heteroatoms. The number of amides is 3. The molecule has 4 aliphatic rings. The maximum Gasteiger partial charge on any atom is 0.312 e. The number of ether oxygens (including phenoxy) is 1. The largest absolute Gasteiger partial charge is 0.508 e. The molecule has 290 valence electrons. The van der Waals surface area contributed by atoms with Crippen molar-refractivity contribution in [1.82, 2.24) is 20.9 Å². The molecule has 4 aliphatic carbocycles. The second-order valence-corrected chi connectivity index (χ2v) is 16.0. The summed E-state index contributed by atoms with van der Waals surface area (Å²) in [6.45, 7) is -0.396. The smallest absolute Gasteiger partial charge is 0.312 e. The summed E-state index contributed by atoms with van der Waals surface area (Å²) in [6.07, 6.45) is 6.18. The number of phenols is 1. The minimum atomic E-state index is -1.03. The fraction of sp³-hybridized carbons (Fsp3) is 0.564. The molecule has 4 bridgehead atoms. The number of hydrogen-bond acceptors (Lipinski definition) is 10. The highest BCUT2D eigenvalue weighted by Gasteiger charge is 2.68. The van der Waals surface area contributed by atoms with Gasteiger partial charge in [-0.05, 0) is 106 Å². The van der Waals surface area contributed by atoms with E-state index in [4.69, 9.17) is 10.5 Å². The monoisotopic (exact) mass is 771 g/mol. The number of carbonyl (C=O) groups is 5. The van der Waals surface area contributed by atoms with Crippen LogP contribution in [0.3, 0.4) is 0 Å². The molecule has 0 spiro atoms. The summed E-state index contributed by atoms with van der Waals surface area (Å²) in [4.78, 5) is 70.6. The molecule has 6 rings (SSSR count). The minimum Gasteiger partial charge on any atom is -0.508 e. The zero-order chi connectivity index (χ0) is 37.6. The lowest BCUT2D eigenvalue weighted by atomic mass is 9.41. The lowest BCUT2D eigenvalue weighted by molar-refractivity contribution is -0.189. The molecule has 53 heavy (non-hydrogen) atoms. The van der Waals surface area contributed by atoms with Crippen molar-refractivity contribution in [3.63, 3.8) is 0 Å². The molecule has 2 aromatic rings. The summed E-state index contributed by atoms with van der Waals surface area (Å²) in [6, 6.07) is 13.5. The Kier molecular flexibility index (Phi) is 14.4. The molecule has 3 amide bonds. The van der Waals surface area contributed by atoms with Gasteiger partial charge in [0.1, 0.15) is 11.8 Å². The van der Waals surface area contributed by atoms with Crippen molar-refractivity contribution in [1.29, 1.82) is 0 Å². The zero-order valence-electron chi connectivity index (χ0n) is 31.0. The van der Waals surface area contributed by atoms with Crippen LogP contribution in [0.25, 0.3) is 0 Å². The fourth-order valence-corrected chi connectivity index (χ4v) is 9.77. The van der Waals surface area contributed by atoms with Gasteiger partial charge in [0.2, 0.25) is 17.7 Å². The van der Waals surface area contributed by atoms with Crippen LogP contribution in [0.15, 0.2) is 54.6 Å². The molecular formula is C39H54ClN5O7S. The Morgan fingerprint density at radius 3 is 2.15 bits per heavy atom. The van der Waals surface area contributed by atoms with E-state index in [2.05, 4.69) is 16.0 Å². The number of hydrogen-bond donors (Lipinski definition) is 5. The molecule has 4 fully saturated rings. The van der Waals surface area contributed by atoms with Gasteiger partial charge in [0.25, 0.3) is 0 Å². The Bertz CT molecular complexity index is 1600. The number of phenolic OH excluding ortho intramolecular Hbond substituents is 1. The number of Topliss-reactive ketones (excluding diaryl/α,β-unsaturated/α-hetero) is 1. The Morgan fingerprint density at radius 2 is 1.57 bits per heavy atom. The standard InChI is InChI=1S/C39H53N5O7S.ClH/c1-41-30(17-25-10-12-28(45)13-11-25)36(49)43-29(14-15-52-4)35(48)42-23-32(46)44(2)31(18-24-8-6-5-7-9-24)33(47)34-38(37(50)51-3)19-26-16-27(20-38)22-39(34,40)21-26;/h5-13,26-27,29-31,34,41,45H,14-23,40H2,1-4H3,(H,42,48)(H,43,49);1H/t26?,27?,29-,30+,31+,34?,38?,39?;/m1./s1. The summed E-state index contributed by atoms with van der Waals surface area (Å²) in [5.74, 6) is -1.63. The number of ketones is 1. The first-order valence-electron chi connectivity index (χ1n) is 18.1. The quantitative estimate of drug-likeness (QED) is 0.150. The summed E-state index contributed by atoms with van der Waals surface area (Å²) in [5.41, 5.74) is 6.87. The molecule has 3 unspecified atom stereocenters. The summed E-state index contributed by atoms with van der Waals surface area (Å²) in [5, 5.41) is 18.2. The average molecular weight is 772 g/mol. The number of halogens is 1. The first-order valence-corrected chi connectivity index (χ1v) is 19.5. The van der Waals surface area contributed by atoms with E-state index in [0.29, 0.717) is 44.3 Å². The van der Waals surface area contributed by atoms with E-state index >= 15 is 0 Å². The highest BCUT2D eigenvalue weighted by molar-refractivity contribution is 7.98. The number of methoxy groups -OCH3 is 1. The number of thioether (sulfide) groups is 1. The molecule has 0 heterocycles. The Balaban J connectivity index is 0.00000627. The van der Waals surface area contributed by atoms with Crippen LogP contribution in [0.5, 0.6) is 5.75 Å². The number of rotatable bonds is 17. The molecule has 0 aliphatic heterocycles. The molecule has 6 N–H and O–H groups in total. The van der Waals surface area contributed by atoms with Gasteiger partial charge in [0, 0.05) is 12.6 Å². The minimum absolute atomic E-state index is 0. The van der Waals surface area contributed by atoms with Crippen molar-refractivity contribution in [2.75, 3.05) is 39.8 Å². The van der Waals surface area contributed by atoms with Gasteiger partial charge < -0.3 is 36.4 Å². The lowest BCUT2D eigenvalue weighted by Gasteiger charge is -2.63. The van der Waals surface area contributed by atoms with Gasteiger partial charge in [-0.25, -0.2) is 0 Å². The van der Waals surface area contributed by atoms with E-state index in [0.717, 1.165) is 17.5 Å². The Labute approximate surface area is 322 Å². The van der Waals surface area contributed by atoms with Crippen LogP contribution in [0.2, 0.25) is 0 Å². The number of likely N-dealkylation sites (N-methyl/N-ethyl adjacent to an activating group) is 2. The van der Waals surface area contributed by atoms with Gasteiger partial charge in [-0.3, -0.25) is 24.0 Å². The fourth-order valence-electron chi connectivity index (χ4n) is 9.30. The molecule has 6 atom stereocenters. The number of nitrogens with zero attached hydrogens (tertiary/aromatic N) is 1. The van der Waals surface area contributed by atoms with Gasteiger partial charge in [-0.15, -0.1) is 12.4 Å². The average Bonchev–Trinajstić information content (AvgIpc) is 3.12. The normalized spacial score (nSPS) is 25.6. The van der Waals surface area contributed by atoms with Crippen LogP contribution in [0, 0.1) is 23.2 Å². The highest BCUT2D eigenvalue weighted by Crippen LogP contribution is 2.64. The molecule has 0 radical (unpaired) electrons. The van der Waals surface area contributed by atoms with Gasteiger partial charge in [0.05, 0.1) is 37.1 Å². The van der Waals surface area contributed by atoms with Crippen molar-refractivity contribution in [2.24, 2.45) is 28.9 Å². The molecule has 0 saturated heterocycles. The van der Waals surface area contributed by atoms with E-state index < -0.39 is 59.3 Å². The highest BCUT2D eigenvalue weighted by atomic mass is 35.5. The van der Waals surface area contributed by atoms with E-state index in [1.165, 1.54) is 23.8 Å². The number of carbonyl (C=O) groups excluding carboxylic acids is 5. The number of nitrogens with two attached hydrogens (primary N) is 1. The lowest BCUT2D eigenvalue weighted by Crippen LogP contribution is -2.72. The van der Waals surface area contributed by atoms with Gasteiger partial charge >= 0.3 is 5.97 Å². The van der Waals surface area contributed by atoms with Gasteiger partial charge in [0.15, 0.2) is 5.78 Å². The maximum atomic E-state index is 14.9. The van der Waals surface area contributed by atoms with E-state index in [-0.39, 0.29) is 48.1 Å². The summed E-state index contributed by atoms with van der Waals surface area (Å²) >= 11 is 1.53. The third kappa shape index (κ3) is 9.36. The first-order chi connectivity index (χ1) is 24.8. The second kappa shape index (κ2) is 18.1. The molecule has 12 nitrogen and oxygen atoms in total. The molecule has 0 aromatic heterocycles. The van der Waals surface area contributed by atoms with Crippen molar-refractivity contribution >= 4 is 53.6 Å². The van der Waals surface area contributed by atoms with Gasteiger partial charge in [-0.1, -0.05) is 42.5 Å². The number of nitrogens with one attached hydrogen (secondary N) is 3. The maximum absolute atomic E-state index is 14.9. The van der Waals surface area contributed by atoms with Crippen molar-refractivity contribution in [2.45, 2.75) is 75.0 Å². The SMILES string of the molecule is CN[C@@H](Cc1ccc(O)cc1)C(=O)N[C@H](CCSC)C(=O)NCC(=O)N(C)[C@@H](Cc1ccccc1)C(=O)C1C2(N)CC3CC(C2)CC1(C(=O)OC)C3.Cl. The van der Waals surface area contributed by atoms with Crippen LogP contribution in [0.1, 0.15) is 49.7 Å². The van der Waals surface area contributed by atoms with E-state index in [1.807, 2.05) is 36.6 Å². The van der Waals surface area contributed by atoms with Crippen molar-refractivity contribution < 1.29 is 33.8 Å². The Morgan fingerprint density at radius 1 is 0.943 bits per heavy atom. The molecule has 4 saturated carbocycles. The number of esters is 1. The first kappa shape index (κ1) is 42.1. The third-order valence-corrected chi connectivity index (χ3v) is 12.1. The van der Waals surface area contributed by atoms with Crippen LogP contribution in [-0.2, 0) is 41.6 Å². The van der Waals surface area contributed by atoms with E-state index in [1.54, 1.807) is 38.4 Å². The van der Waals surface area contributed by atoms with Gasteiger partial charge in [-0.2, -0.15) is 11.8 Å². The van der Waals surface area contributed by atoms with Crippen molar-refractivity contribution in [3.8, 4) is 5.75 Å². The summed E-state index contributed by atoms with van der Waals surface area (Å²) in [7, 11) is 4.57. The predicted molar refractivity (Wildman–Crippen MR) is 206 cm³/mol. The van der Waals surface area contributed by atoms with Crippen LogP contribution >= 0.6 is 24.2 Å². The van der Waals surface area contributed by atoms with Crippen LogP contribution < -0.4 is 21.7 Å².